The van der Waals surface area contributed by atoms with E-state index in [2.05, 4.69) is 20.3 Å². The van der Waals surface area contributed by atoms with Crippen LogP contribution in [0, 0.1) is 20.8 Å². The summed E-state index contributed by atoms with van der Waals surface area (Å²) in [6, 6.07) is 5.19. The number of aromatic nitrogens is 5. The van der Waals surface area contributed by atoms with Gasteiger partial charge in [0, 0.05) is 44.5 Å². The molecular weight excluding hydrogens is 386 g/mol. The molecule has 0 aliphatic carbocycles. The van der Waals surface area contributed by atoms with E-state index < -0.39 is 0 Å². The van der Waals surface area contributed by atoms with Gasteiger partial charge in [0.2, 0.25) is 0 Å². The Labute approximate surface area is 173 Å². The van der Waals surface area contributed by atoms with Crippen LogP contribution in [0.25, 0.3) is 5.82 Å². The number of rotatable bonds is 5. The fraction of sp³-hybridized carbons (Fsp3) is 0.450. The van der Waals surface area contributed by atoms with Crippen molar-refractivity contribution in [1.82, 2.24) is 34.5 Å². The Morgan fingerprint density at radius 1 is 1.07 bits per heavy atom. The lowest BCUT2D eigenvalue weighted by Gasteiger charge is -2.34. The smallest absolute Gasteiger partial charge is 0.266 e. The summed E-state index contributed by atoms with van der Waals surface area (Å²) in [5, 5.41) is 12.6. The van der Waals surface area contributed by atoms with Gasteiger partial charge in [-0.25, -0.2) is 9.36 Å². The number of hydrogen-bond donors (Lipinski definition) is 0. The van der Waals surface area contributed by atoms with Crippen LogP contribution in [-0.2, 0) is 6.54 Å². The van der Waals surface area contributed by atoms with Crippen LogP contribution in [0.5, 0.6) is 0 Å². The normalized spacial score (nSPS) is 15.0. The van der Waals surface area contributed by atoms with Crippen molar-refractivity contribution < 1.29 is 9.32 Å². The number of aryl methyl sites for hydroxylation is 3. The zero-order valence-corrected chi connectivity index (χ0v) is 17.4. The molecule has 158 valence electrons. The molecule has 0 bridgehead atoms. The molecule has 3 aromatic heterocycles. The second kappa shape index (κ2) is 8.23. The second-order valence-electron chi connectivity index (χ2n) is 7.52. The first kappa shape index (κ1) is 20.0. The van der Waals surface area contributed by atoms with Crippen LogP contribution >= 0.6 is 0 Å². The molecule has 0 radical (unpaired) electrons. The molecule has 0 N–H and O–H groups in total. The van der Waals surface area contributed by atoms with E-state index in [1.807, 2.05) is 24.8 Å². The van der Waals surface area contributed by atoms with E-state index in [-0.39, 0.29) is 11.5 Å². The van der Waals surface area contributed by atoms with Gasteiger partial charge in [-0.15, -0.1) is 5.10 Å². The molecule has 1 saturated heterocycles. The Balaban J connectivity index is 1.36. The first-order valence-electron chi connectivity index (χ1n) is 9.97. The molecule has 4 heterocycles. The van der Waals surface area contributed by atoms with Gasteiger partial charge in [0.1, 0.15) is 11.3 Å². The zero-order valence-electron chi connectivity index (χ0n) is 17.4. The highest BCUT2D eigenvalue weighted by Gasteiger charge is 2.24. The third kappa shape index (κ3) is 4.04. The molecule has 0 aromatic carbocycles. The SMILES string of the molecule is Cc1cc(C)n(-c2ccc(=O)n(CCN3CCN(C(=O)c4cnoc4C)CC3)n2)n1. The van der Waals surface area contributed by atoms with Crippen LogP contribution in [0.1, 0.15) is 27.5 Å². The lowest BCUT2D eigenvalue weighted by molar-refractivity contribution is 0.0629. The summed E-state index contributed by atoms with van der Waals surface area (Å²) in [5.74, 6) is 1.11. The Kier molecular flexibility index (Phi) is 5.49. The third-order valence-electron chi connectivity index (χ3n) is 5.35. The fourth-order valence-electron chi connectivity index (χ4n) is 3.66. The lowest BCUT2D eigenvalue weighted by atomic mass is 10.2. The average molecular weight is 411 g/mol. The van der Waals surface area contributed by atoms with E-state index in [0.717, 1.165) is 24.5 Å². The van der Waals surface area contributed by atoms with Gasteiger partial charge in [0.05, 0.1) is 18.4 Å². The monoisotopic (exact) mass is 411 g/mol. The third-order valence-corrected chi connectivity index (χ3v) is 5.35. The van der Waals surface area contributed by atoms with Crippen molar-refractivity contribution in [2.75, 3.05) is 32.7 Å². The number of carbonyl (C=O) groups excluding carboxylic acids is 1. The summed E-state index contributed by atoms with van der Waals surface area (Å²) in [6.45, 7) is 9.50. The predicted molar refractivity (Wildman–Crippen MR) is 109 cm³/mol. The van der Waals surface area contributed by atoms with Gasteiger partial charge in [-0.05, 0) is 32.9 Å². The van der Waals surface area contributed by atoms with Crippen molar-refractivity contribution >= 4 is 5.91 Å². The fourth-order valence-corrected chi connectivity index (χ4v) is 3.66. The van der Waals surface area contributed by atoms with E-state index in [1.165, 1.54) is 16.9 Å². The van der Waals surface area contributed by atoms with Gasteiger partial charge in [-0.1, -0.05) is 5.16 Å². The maximum atomic E-state index is 12.6. The van der Waals surface area contributed by atoms with Crippen LogP contribution in [0.3, 0.4) is 0 Å². The van der Waals surface area contributed by atoms with E-state index in [9.17, 15) is 9.59 Å². The summed E-state index contributed by atoms with van der Waals surface area (Å²) in [5.41, 5.74) is 2.24. The number of piperazine rings is 1. The van der Waals surface area contributed by atoms with E-state index in [0.29, 0.717) is 43.3 Å². The molecule has 30 heavy (non-hydrogen) atoms. The van der Waals surface area contributed by atoms with Crippen molar-refractivity contribution in [2.45, 2.75) is 27.3 Å². The highest BCUT2D eigenvalue weighted by Crippen LogP contribution is 2.12. The molecule has 4 rings (SSSR count). The molecule has 1 fully saturated rings. The first-order chi connectivity index (χ1) is 14.4. The van der Waals surface area contributed by atoms with Gasteiger partial charge in [-0.2, -0.15) is 5.10 Å². The van der Waals surface area contributed by atoms with Gasteiger partial charge >= 0.3 is 0 Å². The Hall–Kier alpha value is -3.27. The van der Waals surface area contributed by atoms with Crippen molar-refractivity contribution in [1.29, 1.82) is 0 Å². The molecule has 0 unspecified atom stereocenters. The molecule has 10 heteroatoms. The molecular formula is C20H25N7O3. The molecule has 0 atom stereocenters. The summed E-state index contributed by atoms with van der Waals surface area (Å²) < 4.78 is 8.21. The van der Waals surface area contributed by atoms with Crippen molar-refractivity contribution in [3.8, 4) is 5.82 Å². The topological polar surface area (TPSA) is 102 Å². The van der Waals surface area contributed by atoms with Gasteiger partial charge < -0.3 is 9.42 Å². The number of hydrogen-bond acceptors (Lipinski definition) is 7. The summed E-state index contributed by atoms with van der Waals surface area (Å²) >= 11 is 0. The predicted octanol–water partition coefficient (Wildman–Crippen LogP) is 0.800. The van der Waals surface area contributed by atoms with Crippen LogP contribution in [-0.4, -0.2) is 73.1 Å². The molecule has 0 saturated carbocycles. The van der Waals surface area contributed by atoms with Crippen molar-refractivity contribution in [2.24, 2.45) is 0 Å². The number of amides is 1. The van der Waals surface area contributed by atoms with Gasteiger partial charge in [0.25, 0.3) is 11.5 Å². The largest absolute Gasteiger partial charge is 0.361 e. The Morgan fingerprint density at radius 3 is 2.47 bits per heavy atom. The van der Waals surface area contributed by atoms with Crippen molar-refractivity contribution in [3.05, 3.63) is 57.5 Å². The van der Waals surface area contributed by atoms with E-state index in [4.69, 9.17) is 4.52 Å². The van der Waals surface area contributed by atoms with Crippen LogP contribution in [0.4, 0.5) is 0 Å². The molecule has 1 aliphatic heterocycles. The number of nitrogens with zero attached hydrogens (tertiary/aromatic N) is 7. The minimum Gasteiger partial charge on any atom is -0.361 e. The maximum absolute atomic E-state index is 12.6. The lowest BCUT2D eigenvalue weighted by Crippen LogP contribution is -2.49. The highest BCUT2D eigenvalue weighted by atomic mass is 16.5. The standard InChI is InChI=1S/C20H25N7O3/c1-14-12-15(2)27(22-14)18-4-5-19(28)26(23-18)11-8-24-6-9-25(10-7-24)20(29)17-13-21-30-16(17)3/h4-5,12-13H,6-11H2,1-3H3. The second-order valence-corrected chi connectivity index (χ2v) is 7.52. The Morgan fingerprint density at radius 2 is 1.83 bits per heavy atom. The van der Waals surface area contributed by atoms with Gasteiger partial charge in [-0.3, -0.25) is 14.5 Å². The molecule has 1 aliphatic rings. The first-order valence-corrected chi connectivity index (χ1v) is 9.97. The van der Waals surface area contributed by atoms with E-state index >= 15 is 0 Å². The zero-order chi connectivity index (χ0) is 21.3. The van der Waals surface area contributed by atoms with Crippen LogP contribution in [0.15, 0.2) is 33.7 Å². The molecule has 3 aromatic rings. The maximum Gasteiger partial charge on any atom is 0.266 e. The minimum absolute atomic E-state index is 0.0520. The molecule has 10 nitrogen and oxygen atoms in total. The van der Waals surface area contributed by atoms with Gasteiger partial charge in [0.15, 0.2) is 5.82 Å². The summed E-state index contributed by atoms with van der Waals surface area (Å²) in [4.78, 5) is 28.9. The quantitative estimate of drug-likeness (QED) is 0.612. The summed E-state index contributed by atoms with van der Waals surface area (Å²) in [7, 11) is 0. The Bertz CT molecular complexity index is 1110. The molecule has 0 spiro atoms. The minimum atomic E-state index is -0.142. The highest BCUT2D eigenvalue weighted by molar-refractivity contribution is 5.94. The number of carbonyl (C=O) groups is 1. The average Bonchev–Trinajstić information content (AvgIpc) is 3.31. The summed E-state index contributed by atoms with van der Waals surface area (Å²) in [6.07, 6.45) is 1.47. The van der Waals surface area contributed by atoms with E-state index in [1.54, 1.807) is 17.7 Å². The van der Waals surface area contributed by atoms with Crippen molar-refractivity contribution in [3.63, 3.8) is 0 Å². The molecule has 1 amide bonds. The van der Waals surface area contributed by atoms with Crippen LogP contribution in [0.2, 0.25) is 0 Å². The van der Waals surface area contributed by atoms with Crippen LogP contribution < -0.4 is 5.56 Å².